The van der Waals surface area contributed by atoms with E-state index < -0.39 is 6.04 Å². The fraction of sp³-hybridized carbons (Fsp3) is 0.654. The van der Waals surface area contributed by atoms with Crippen LogP contribution < -0.4 is 10.1 Å². The van der Waals surface area contributed by atoms with E-state index in [1.165, 1.54) is 25.7 Å². The van der Waals surface area contributed by atoms with Crippen molar-refractivity contribution in [1.29, 1.82) is 0 Å². The summed E-state index contributed by atoms with van der Waals surface area (Å²) in [7, 11) is 0. The molecule has 7 rings (SSSR count). The Kier molecular flexibility index (Phi) is 4.78. The standard InChI is InChI=1S/C26H31N3O5/c30-24-9-6-20(25(31)27-24)29-11-14-10-15(4-5-16(14)26(29)32)33-23-3-1-2-19(23)28-12-17-18(13-28)22-8-7-21(17)34-22/h4-5,10,17-23H,1-3,6-9,11-13H2,(H,27,30,31)/t17-,18+,19-,20?,21+,22-,23-/m0/s1. The number of imide groups is 1. The fourth-order valence-corrected chi connectivity index (χ4v) is 7.52. The van der Waals surface area contributed by atoms with Crippen LogP contribution in [0.2, 0.25) is 0 Å². The Hall–Kier alpha value is -2.45. The van der Waals surface area contributed by atoms with E-state index in [1.807, 2.05) is 18.2 Å². The van der Waals surface area contributed by atoms with Gasteiger partial charge in [0.25, 0.3) is 5.91 Å². The van der Waals surface area contributed by atoms with Gasteiger partial charge in [-0.1, -0.05) is 0 Å². The average molecular weight is 466 g/mol. The van der Waals surface area contributed by atoms with E-state index in [1.54, 1.807) is 4.90 Å². The molecule has 34 heavy (non-hydrogen) atoms. The number of benzene rings is 1. The first-order valence-electron chi connectivity index (χ1n) is 12.9. The third-order valence-electron chi connectivity index (χ3n) is 9.15. The molecular formula is C26H31N3O5. The van der Waals surface area contributed by atoms with Gasteiger partial charge in [-0.3, -0.25) is 24.6 Å². The number of ether oxygens (including phenoxy) is 2. The zero-order chi connectivity index (χ0) is 23.0. The molecule has 0 aromatic heterocycles. The van der Waals surface area contributed by atoms with Crippen LogP contribution in [-0.4, -0.2) is 71.0 Å². The summed E-state index contributed by atoms with van der Waals surface area (Å²) in [6.07, 6.45) is 7.62. The molecule has 0 spiro atoms. The van der Waals surface area contributed by atoms with Crippen molar-refractivity contribution in [3.05, 3.63) is 29.3 Å². The summed E-state index contributed by atoms with van der Waals surface area (Å²) in [6, 6.07) is 5.56. The van der Waals surface area contributed by atoms with E-state index in [4.69, 9.17) is 9.47 Å². The second-order valence-corrected chi connectivity index (χ2v) is 10.9. The van der Waals surface area contributed by atoms with E-state index in [2.05, 4.69) is 10.2 Å². The van der Waals surface area contributed by atoms with E-state index in [0.29, 0.717) is 48.6 Å². The van der Waals surface area contributed by atoms with Gasteiger partial charge in [-0.05, 0) is 62.3 Å². The molecule has 0 radical (unpaired) electrons. The van der Waals surface area contributed by atoms with Crippen LogP contribution in [0.3, 0.4) is 0 Å². The zero-order valence-electron chi connectivity index (χ0n) is 19.3. The van der Waals surface area contributed by atoms with E-state index >= 15 is 0 Å². The average Bonchev–Trinajstić information content (AvgIpc) is 3.62. The summed E-state index contributed by atoms with van der Waals surface area (Å²) < 4.78 is 12.7. The Morgan fingerprint density at radius 1 is 0.971 bits per heavy atom. The van der Waals surface area contributed by atoms with Crippen molar-refractivity contribution in [3.63, 3.8) is 0 Å². The number of hydrogen-bond acceptors (Lipinski definition) is 6. The van der Waals surface area contributed by atoms with Crippen molar-refractivity contribution < 1.29 is 23.9 Å². The number of amides is 3. The molecule has 6 aliphatic rings. The first-order valence-corrected chi connectivity index (χ1v) is 12.9. The normalized spacial score (nSPS) is 39.0. The lowest BCUT2D eigenvalue weighted by molar-refractivity contribution is -0.136. The van der Waals surface area contributed by atoms with E-state index in [-0.39, 0.29) is 30.2 Å². The molecule has 5 aliphatic heterocycles. The molecule has 1 aromatic carbocycles. The highest BCUT2D eigenvalue weighted by Crippen LogP contribution is 2.48. The summed E-state index contributed by atoms with van der Waals surface area (Å²) in [6.45, 7) is 2.65. The smallest absolute Gasteiger partial charge is 0.255 e. The number of carbonyl (C=O) groups is 3. The lowest BCUT2D eigenvalue weighted by Crippen LogP contribution is -2.52. The second-order valence-electron chi connectivity index (χ2n) is 10.9. The maximum Gasteiger partial charge on any atom is 0.255 e. The third-order valence-corrected chi connectivity index (χ3v) is 9.15. The SMILES string of the molecule is O=C1CCC(N2Cc3cc(O[C@H]4CCC[C@@H]4N4C[C@@H]5[C@H](C4)[C@H]4CC[C@@H]5O4)ccc3C2=O)C(=O)N1. The number of fused-ring (bicyclic) bond motifs is 6. The number of nitrogens with zero attached hydrogens (tertiary/aromatic N) is 2. The van der Waals surface area contributed by atoms with Gasteiger partial charge in [0.05, 0.1) is 12.2 Å². The van der Waals surface area contributed by atoms with Gasteiger partial charge in [0.1, 0.15) is 17.9 Å². The number of carbonyl (C=O) groups excluding carboxylic acids is 3. The molecule has 8 nitrogen and oxygen atoms in total. The van der Waals surface area contributed by atoms with Gasteiger partial charge >= 0.3 is 0 Å². The van der Waals surface area contributed by atoms with Gasteiger partial charge in [-0.2, -0.15) is 0 Å². The molecule has 1 saturated carbocycles. The van der Waals surface area contributed by atoms with Crippen LogP contribution >= 0.6 is 0 Å². The van der Waals surface area contributed by atoms with Crippen LogP contribution in [0.5, 0.6) is 5.75 Å². The highest BCUT2D eigenvalue weighted by atomic mass is 16.5. The molecule has 1 aliphatic carbocycles. The minimum atomic E-state index is -0.588. The molecule has 8 heteroatoms. The van der Waals surface area contributed by atoms with Crippen LogP contribution in [0, 0.1) is 11.8 Å². The molecule has 5 fully saturated rings. The Morgan fingerprint density at radius 3 is 2.53 bits per heavy atom. The quantitative estimate of drug-likeness (QED) is 0.683. The van der Waals surface area contributed by atoms with Gasteiger partial charge in [0.2, 0.25) is 11.8 Å². The first kappa shape index (κ1) is 20.9. The van der Waals surface area contributed by atoms with Crippen molar-refractivity contribution in [2.75, 3.05) is 13.1 Å². The highest BCUT2D eigenvalue weighted by molar-refractivity contribution is 6.05. The minimum absolute atomic E-state index is 0.143. The molecule has 7 atom stereocenters. The summed E-state index contributed by atoms with van der Waals surface area (Å²) in [5.74, 6) is 1.41. The Bertz CT molecular complexity index is 1040. The number of hydrogen-bond donors (Lipinski definition) is 1. The van der Waals surface area contributed by atoms with Crippen LogP contribution in [0.1, 0.15) is 60.9 Å². The van der Waals surface area contributed by atoms with Gasteiger partial charge in [-0.15, -0.1) is 0 Å². The lowest BCUT2D eigenvalue weighted by atomic mass is 9.82. The Balaban J connectivity index is 1.04. The van der Waals surface area contributed by atoms with Crippen molar-refractivity contribution in [2.45, 2.75) is 81.9 Å². The molecule has 1 N–H and O–H groups in total. The molecule has 180 valence electrons. The molecule has 3 amide bonds. The maximum absolute atomic E-state index is 13.0. The van der Waals surface area contributed by atoms with E-state index in [9.17, 15) is 14.4 Å². The summed E-state index contributed by atoms with van der Waals surface area (Å²) in [4.78, 5) is 41.0. The van der Waals surface area contributed by atoms with Crippen LogP contribution in [0.4, 0.5) is 0 Å². The topological polar surface area (TPSA) is 88.2 Å². The van der Waals surface area contributed by atoms with Crippen LogP contribution in [0.25, 0.3) is 0 Å². The van der Waals surface area contributed by atoms with Gasteiger partial charge in [-0.25, -0.2) is 0 Å². The molecule has 4 saturated heterocycles. The molecular weight excluding hydrogens is 434 g/mol. The first-order chi connectivity index (χ1) is 16.5. The van der Waals surface area contributed by atoms with Crippen LogP contribution in [0.15, 0.2) is 18.2 Å². The molecule has 2 bridgehead atoms. The van der Waals surface area contributed by atoms with Crippen LogP contribution in [-0.2, 0) is 20.9 Å². The van der Waals surface area contributed by atoms with Gasteiger partial charge < -0.3 is 14.4 Å². The number of rotatable bonds is 4. The molecule has 1 unspecified atom stereocenters. The predicted molar refractivity (Wildman–Crippen MR) is 121 cm³/mol. The Labute approximate surface area is 198 Å². The number of nitrogens with one attached hydrogen (secondary N) is 1. The Morgan fingerprint density at radius 2 is 1.76 bits per heavy atom. The monoisotopic (exact) mass is 465 g/mol. The lowest BCUT2D eigenvalue weighted by Gasteiger charge is -2.31. The highest BCUT2D eigenvalue weighted by Gasteiger charge is 2.54. The van der Waals surface area contributed by atoms with E-state index in [0.717, 1.165) is 30.8 Å². The van der Waals surface area contributed by atoms with Crippen molar-refractivity contribution in [1.82, 2.24) is 15.1 Å². The second kappa shape index (κ2) is 7.78. The third kappa shape index (κ3) is 3.22. The molecule has 1 aromatic rings. The summed E-state index contributed by atoms with van der Waals surface area (Å²) in [5, 5.41) is 2.36. The fourth-order valence-electron chi connectivity index (χ4n) is 7.52. The van der Waals surface area contributed by atoms with Crippen molar-refractivity contribution in [3.8, 4) is 5.75 Å². The summed E-state index contributed by atoms with van der Waals surface area (Å²) in [5.41, 5.74) is 1.52. The number of likely N-dealkylation sites (tertiary alicyclic amines) is 1. The minimum Gasteiger partial charge on any atom is -0.489 e. The van der Waals surface area contributed by atoms with Gasteiger partial charge in [0, 0.05) is 49.5 Å². The van der Waals surface area contributed by atoms with Crippen molar-refractivity contribution in [2.24, 2.45) is 11.8 Å². The largest absolute Gasteiger partial charge is 0.489 e. The van der Waals surface area contributed by atoms with Crippen molar-refractivity contribution >= 4 is 17.7 Å². The summed E-state index contributed by atoms with van der Waals surface area (Å²) >= 11 is 0. The predicted octanol–water partition coefficient (Wildman–Crippen LogP) is 1.86. The maximum atomic E-state index is 13.0. The number of piperidine rings is 1. The zero-order valence-corrected chi connectivity index (χ0v) is 19.3. The molecule has 5 heterocycles. The van der Waals surface area contributed by atoms with Gasteiger partial charge in [0.15, 0.2) is 0 Å².